The first-order valence-electron chi connectivity index (χ1n) is 8.75. The summed E-state index contributed by atoms with van der Waals surface area (Å²) in [6, 6.07) is 11.3. The lowest BCUT2D eigenvalue weighted by Crippen LogP contribution is -2.05. The highest BCUT2D eigenvalue weighted by atomic mass is 35.5. The zero-order valence-corrected chi connectivity index (χ0v) is 18.6. The number of carbonyl (C=O) groups is 1. The second kappa shape index (κ2) is 12.8. The van der Waals surface area contributed by atoms with Crippen LogP contribution < -0.4 is 5.32 Å². The number of nitrogens with one attached hydrogen (secondary N) is 1. The highest BCUT2D eigenvalue weighted by Crippen LogP contribution is 2.23. The highest BCUT2D eigenvalue weighted by Gasteiger charge is 2.10. The van der Waals surface area contributed by atoms with E-state index in [-0.39, 0.29) is 0 Å². The topological polar surface area (TPSA) is 72.3 Å². The fourth-order valence-electron chi connectivity index (χ4n) is 2.39. The fourth-order valence-corrected chi connectivity index (χ4v) is 2.68. The van der Waals surface area contributed by atoms with Gasteiger partial charge in [0.1, 0.15) is 13.7 Å². The van der Waals surface area contributed by atoms with Gasteiger partial charge in [0.2, 0.25) is 6.41 Å². The van der Waals surface area contributed by atoms with E-state index in [2.05, 4.69) is 15.6 Å². The van der Waals surface area contributed by atoms with Gasteiger partial charge in [0.15, 0.2) is 0 Å². The average molecular weight is 438 g/mol. The monoisotopic (exact) mass is 437 g/mol. The molecule has 2 rings (SSSR count). The van der Waals surface area contributed by atoms with Crippen molar-refractivity contribution in [2.75, 3.05) is 14.2 Å². The van der Waals surface area contributed by atoms with Gasteiger partial charge in [0.25, 0.3) is 0 Å². The zero-order valence-electron chi connectivity index (χ0n) is 17.1. The molecule has 0 bridgehead atoms. The second-order valence-corrected chi connectivity index (χ2v) is 6.76. The van der Waals surface area contributed by atoms with Crippen molar-refractivity contribution in [2.24, 2.45) is 10.3 Å². The molecule has 0 spiro atoms. The third-order valence-corrected chi connectivity index (χ3v) is 4.63. The first-order valence-corrected chi connectivity index (χ1v) is 9.50. The minimum Gasteiger partial charge on any atom is -0.399 e. The summed E-state index contributed by atoms with van der Waals surface area (Å²) in [5.74, 6) is 0. The Morgan fingerprint density at radius 3 is 2.38 bits per heavy atom. The van der Waals surface area contributed by atoms with Crippen LogP contribution in [0.25, 0.3) is 0 Å². The van der Waals surface area contributed by atoms with Crippen LogP contribution in [0.1, 0.15) is 36.1 Å². The quantitative estimate of drug-likeness (QED) is 0.377. The van der Waals surface area contributed by atoms with Crippen LogP contribution in [0.2, 0.25) is 10.0 Å². The predicted octanol–water partition coefficient (Wildman–Crippen LogP) is 4.98. The molecule has 2 aromatic carbocycles. The smallest absolute Gasteiger partial charge is 0.206 e. The number of rotatable bonds is 7. The molecule has 6 nitrogen and oxygen atoms in total. The van der Waals surface area contributed by atoms with Crippen molar-refractivity contribution >= 4 is 41.0 Å². The molecule has 0 aliphatic heterocycles. The van der Waals surface area contributed by atoms with E-state index in [4.69, 9.17) is 37.7 Å². The Bertz CT molecular complexity index is 883. The molecular weight excluding hydrogens is 413 g/mol. The Labute approximate surface area is 181 Å². The second-order valence-electron chi connectivity index (χ2n) is 5.95. The van der Waals surface area contributed by atoms with E-state index in [0.29, 0.717) is 23.1 Å². The van der Waals surface area contributed by atoms with Crippen LogP contribution in [-0.2, 0) is 21.1 Å². The minimum absolute atomic E-state index is 0.331. The van der Waals surface area contributed by atoms with Gasteiger partial charge in [-0.1, -0.05) is 57.8 Å². The van der Waals surface area contributed by atoms with Gasteiger partial charge in [-0.2, -0.15) is 0 Å². The normalized spacial score (nSPS) is 11.3. The number of amides is 1. The third-order valence-electron chi connectivity index (χ3n) is 3.89. The molecule has 0 radical (unpaired) electrons. The number of nitrogens with zero attached hydrogens (tertiary/aromatic N) is 2. The summed E-state index contributed by atoms with van der Waals surface area (Å²) in [5, 5.41) is 11.4. The molecule has 0 aliphatic carbocycles. The van der Waals surface area contributed by atoms with E-state index in [1.807, 2.05) is 45.0 Å². The summed E-state index contributed by atoms with van der Waals surface area (Å²) in [4.78, 5) is 19.5. The van der Waals surface area contributed by atoms with Crippen molar-refractivity contribution in [3.05, 3.63) is 68.7 Å². The fraction of sp³-hybridized carbons (Fsp3) is 0.286. The largest absolute Gasteiger partial charge is 0.399 e. The van der Waals surface area contributed by atoms with Gasteiger partial charge in [-0.3, -0.25) is 4.79 Å². The number of hydrogen-bond acceptors (Lipinski definition) is 5. The van der Waals surface area contributed by atoms with Crippen molar-refractivity contribution in [2.45, 2.75) is 27.4 Å². The van der Waals surface area contributed by atoms with Crippen LogP contribution in [-0.4, -0.2) is 32.0 Å². The maximum atomic E-state index is 9.06. The Balaban J connectivity index is 0.000000960. The summed E-state index contributed by atoms with van der Waals surface area (Å²) < 4.78 is 0. The first-order chi connectivity index (χ1) is 13.8. The molecule has 0 aliphatic rings. The molecular formula is C21H25Cl2N3O3. The molecule has 0 saturated heterocycles. The molecule has 0 heterocycles. The first kappa shape index (κ1) is 24.5. The SMILES string of the molecule is CNC=O.CO/N=C(/C)c1cccc(C)c1CO/N=C(\C)c1ccc(Cl)c(Cl)c1. The summed E-state index contributed by atoms with van der Waals surface area (Å²) in [6.07, 6.45) is 0.625. The number of carbonyl (C=O) groups excluding carboxylic acids is 1. The summed E-state index contributed by atoms with van der Waals surface area (Å²) in [6.45, 7) is 6.11. The van der Waals surface area contributed by atoms with E-state index in [9.17, 15) is 0 Å². The van der Waals surface area contributed by atoms with Gasteiger partial charge < -0.3 is 15.0 Å². The number of hydrogen-bond donors (Lipinski definition) is 1. The number of halogens is 2. The Morgan fingerprint density at radius 1 is 1.10 bits per heavy atom. The van der Waals surface area contributed by atoms with Crippen molar-refractivity contribution in [1.82, 2.24) is 5.32 Å². The Kier molecular flexibility index (Phi) is 10.8. The molecule has 0 unspecified atom stereocenters. The van der Waals surface area contributed by atoms with Crippen LogP contribution in [0, 0.1) is 6.92 Å². The van der Waals surface area contributed by atoms with Crippen molar-refractivity contribution < 1.29 is 14.5 Å². The lowest BCUT2D eigenvalue weighted by atomic mass is 10.00. The van der Waals surface area contributed by atoms with Crippen LogP contribution >= 0.6 is 23.2 Å². The summed E-state index contributed by atoms with van der Waals surface area (Å²) in [5.41, 5.74) is 5.46. The highest BCUT2D eigenvalue weighted by molar-refractivity contribution is 6.42. The lowest BCUT2D eigenvalue weighted by molar-refractivity contribution is -0.109. The zero-order chi connectivity index (χ0) is 21.8. The van der Waals surface area contributed by atoms with Crippen LogP contribution in [0.3, 0.4) is 0 Å². The van der Waals surface area contributed by atoms with Gasteiger partial charge in [-0.05, 0) is 38.5 Å². The van der Waals surface area contributed by atoms with E-state index in [1.54, 1.807) is 19.2 Å². The minimum atomic E-state index is 0.331. The molecule has 0 atom stereocenters. The van der Waals surface area contributed by atoms with E-state index in [1.165, 1.54) is 7.11 Å². The number of oxime groups is 2. The lowest BCUT2D eigenvalue weighted by Gasteiger charge is -2.11. The molecule has 0 aromatic heterocycles. The summed E-state index contributed by atoms with van der Waals surface area (Å²) >= 11 is 12.0. The van der Waals surface area contributed by atoms with Gasteiger partial charge in [-0.25, -0.2) is 0 Å². The Hall–Kier alpha value is -2.57. The van der Waals surface area contributed by atoms with E-state index in [0.717, 1.165) is 33.7 Å². The van der Waals surface area contributed by atoms with Crippen LogP contribution in [0.4, 0.5) is 0 Å². The van der Waals surface area contributed by atoms with Gasteiger partial charge in [-0.15, -0.1) is 0 Å². The molecule has 1 amide bonds. The molecule has 0 fully saturated rings. The van der Waals surface area contributed by atoms with Crippen molar-refractivity contribution in [3.63, 3.8) is 0 Å². The van der Waals surface area contributed by atoms with Gasteiger partial charge in [0.05, 0.1) is 21.5 Å². The average Bonchev–Trinajstić information content (AvgIpc) is 2.71. The molecule has 0 saturated carbocycles. The Morgan fingerprint density at radius 2 is 1.79 bits per heavy atom. The standard InChI is InChI=1S/C19H20Cl2N2O2.C2H5NO/c1-12-6-5-7-16(14(3)22-24-4)17(12)11-25-23-13(2)15-8-9-18(20)19(21)10-15;1-3-2-4/h5-10H,11H2,1-4H3;2H,1H3,(H,3,4)/b22-14-,23-13+;. The molecule has 29 heavy (non-hydrogen) atoms. The molecule has 8 heteroatoms. The van der Waals surface area contributed by atoms with Crippen molar-refractivity contribution in [1.29, 1.82) is 0 Å². The molecule has 1 N–H and O–H groups in total. The number of benzene rings is 2. The maximum absolute atomic E-state index is 9.06. The van der Waals surface area contributed by atoms with Gasteiger partial charge in [0, 0.05) is 23.7 Å². The van der Waals surface area contributed by atoms with Crippen LogP contribution in [0.5, 0.6) is 0 Å². The predicted molar refractivity (Wildman–Crippen MR) is 119 cm³/mol. The number of aryl methyl sites for hydroxylation is 1. The van der Waals surface area contributed by atoms with E-state index >= 15 is 0 Å². The molecule has 156 valence electrons. The molecule has 2 aromatic rings. The third kappa shape index (κ3) is 7.75. The van der Waals surface area contributed by atoms with Gasteiger partial charge >= 0.3 is 0 Å². The van der Waals surface area contributed by atoms with E-state index < -0.39 is 0 Å². The summed E-state index contributed by atoms with van der Waals surface area (Å²) in [7, 11) is 3.09. The van der Waals surface area contributed by atoms with Crippen LogP contribution in [0.15, 0.2) is 46.7 Å². The maximum Gasteiger partial charge on any atom is 0.206 e. The van der Waals surface area contributed by atoms with Crippen molar-refractivity contribution in [3.8, 4) is 0 Å².